The third-order valence-electron chi connectivity index (χ3n) is 2.49. The van der Waals surface area contributed by atoms with Crippen molar-refractivity contribution < 1.29 is 4.79 Å². The molecule has 0 aromatic carbocycles. The molecule has 0 N–H and O–H groups in total. The highest BCUT2D eigenvalue weighted by atomic mass is 35.5. The van der Waals surface area contributed by atoms with Gasteiger partial charge in [-0.05, 0) is 33.1 Å². The minimum absolute atomic E-state index is 0.0974. The van der Waals surface area contributed by atoms with Crippen LogP contribution in [-0.4, -0.2) is 54.9 Å². The Morgan fingerprint density at radius 2 is 1.94 bits per heavy atom. The predicted molar refractivity (Wildman–Crippen MR) is 74.4 cm³/mol. The van der Waals surface area contributed by atoms with Crippen LogP contribution < -0.4 is 0 Å². The Bertz CT molecular complexity index is 424. The summed E-state index contributed by atoms with van der Waals surface area (Å²) in [5.41, 5.74) is 0.455. The maximum absolute atomic E-state index is 12.1. The van der Waals surface area contributed by atoms with Gasteiger partial charge in [0.2, 0.25) is 0 Å². The first-order valence-electron chi connectivity index (χ1n) is 5.63. The Hall–Kier alpha value is -0.840. The number of carbonyl (C=O) groups excluding carboxylic acids is 1. The van der Waals surface area contributed by atoms with Crippen molar-refractivity contribution in [2.45, 2.75) is 6.42 Å². The molecule has 0 unspecified atom stereocenters. The minimum Gasteiger partial charge on any atom is -0.342 e. The lowest BCUT2D eigenvalue weighted by Gasteiger charge is -2.18. The molecule has 1 aromatic rings. The van der Waals surface area contributed by atoms with E-state index in [1.165, 1.54) is 6.20 Å². The van der Waals surface area contributed by atoms with E-state index in [4.69, 9.17) is 23.2 Å². The SMILES string of the molecule is CN(C)CCCN(C)C(=O)c1cnc(Cl)c(Cl)c1. The second-order valence-electron chi connectivity index (χ2n) is 4.38. The Balaban J connectivity index is 2.60. The van der Waals surface area contributed by atoms with Gasteiger partial charge in [0.05, 0.1) is 10.6 Å². The molecule has 0 aliphatic rings. The molecule has 6 heteroatoms. The summed E-state index contributed by atoms with van der Waals surface area (Å²) >= 11 is 11.5. The number of hydrogen-bond donors (Lipinski definition) is 0. The molecule has 1 heterocycles. The van der Waals surface area contributed by atoms with Crippen LogP contribution in [0.1, 0.15) is 16.8 Å². The summed E-state index contributed by atoms with van der Waals surface area (Å²) in [4.78, 5) is 19.7. The van der Waals surface area contributed by atoms with Crippen molar-refractivity contribution in [2.75, 3.05) is 34.2 Å². The maximum atomic E-state index is 12.1. The smallest absolute Gasteiger partial charge is 0.255 e. The maximum Gasteiger partial charge on any atom is 0.255 e. The molecule has 0 saturated carbocycles. The lowest BCUT2D eigenvalue weighted by atomic mass is 10.2. The molecule has 0 radical (unpaired) electrons. The number of hydrogen-bond acceptors (Lipinski definition) is 3. The first kappa shape index (κ1) is 15.2. The number of aromatic nitrogens is 1. The highest BCUT2D eigenvalue weighted by Crippen LogP contribution is 2.20. The van der Waals surface area contributed by atoms with Gasteiger partial charge < -0.3 is 9.80 Å². The van der Waals surface area contributed by atoms with E-state index in [0.717, 1.165) is 13.0 Å². The monoisotopic (exact) mass is 289 g/mol. The van der Waals surface area contributed by atoms with Crippen LogP contribution in [0.4, 0.5) is 0 Å². The number of carbonyl (C=O) groups is 1. The van der Waals surface area contributed by atoms with E-state index >= 15 is 0 Å². The molecule has 0 atom stereocenters. The predicted octanol–water partition coefficient (Wildman–Crippen LogP) is 2.41. The van der Waals surface area contributed by atoms with Crippen LogP contribution in [0.3, 0.4) is 0 Å². The van der Waals surface area contributed by atoms with Crippen molar-refractivity contribution in [3.05, 3.63) is 28.0 Å². The van der Waals surface area contributed by atoms with Gasteiger partial charge in [-0.3, -0.25) is 4.79 Å². The number of pyridine rings is 1. The van der Waals surface area contributed by atoms with Crippen molar-refractivity contribution in [3.63, 3.8) is 0 Å². The van der Waals surface area contributed by atoms with Gasteiger partial charge in [-0.15, -0.1) is 0 Å². The molecule has 0 fully saturated rings. The summed E-state index contributed by atoms with van der Waals surface area (Å²) in [6.45, 7) is 1.63. The summed E-state index contributed by atoms with van der Waals surface area (Å²) in [6, 6.07) is 1.54. The zero-order valence-corrected chi connectivity index (χ0v) is 12.3. The molecule has 1 aromatic heterocycles. The van der Waals surface area contributed by atoms with Crippen molar-refractivity contribution in [3.8, 4) is 0 Å². The Morgan fingerprint density at radius 3 is 2.50 bits per heavy atom. The van der Waals surface area contributed by atoms with Gasteiger partial charge in [-0.25, -0.2) is 4.98 Å². The fraction of sp³-hybridized carbons (Fsp3) is 0.500. The highest BCUT2D eigenvalue weighted by molar-refractivity contribution is 6.41. The van der Waals surface area contributed by atoms with E-state index in [1.807, 2.05) is 14.1 Å². The van der Waals surface area contributed by atoms with Crippen molar-refractivity contribution in [1.82, 2.24) is 14.8 Å². The number of halogens is 2. The number of amides is 1. The van der Waals surface area contributed by atoms with Gasteiger partial charge >= 0.3 is 0 Å². The molecule has 0 bridgehead atoms. The summed E-state index contributed by atoms with van der Waals surface area (Å²) in [5.74, 6) is -0.0974. The molecule has 0 spiro atoms. The van der Waals surface area contributed by atoms with E-state index < -0.39 is 0 Å². The fourth-order valence-corrected chi connectivity index (χ4v) is 1.75. The van der Waals surface area contributed by atoms with Crippen LogP contribution in [-0.2, 0) is 0 Å². The first-order chi connectivity index (χ1) is 8.41. The third kappa shape index (κ3) is 4.44. The molecule has 100 valence electrons. The molecule has 1 amide bonds. The van der Waals surface area contributed by atoms with Crippen molar-refractivity contribution >= 4 is 29.1 Å². The van der Waals surface area contributed by atoms with Gasteiger partial charge in [0.25, 0.3) is 5.91 Å². The first-order valence-corrected chi connectivity index (χ1v) is 6.38. The summed E-state index contributed by atoms with van der Waals surface area (Å²) in [6.07, 6.45) is 2.36. The summed E-state index contributed by atoms with van der Waals surface area (Å²) in [7, 11) is 5.77. The molecule has 0 saturated heterocycles. The van der Waals surface area contributed by atoms with E-state index in [-0.39, 0.29) is 11.1 Å². The van der Waals surface area contributed by atoms with Crippen LogP contribution in [0.15, 0.2) is 12.3 Å². The molecule has 0 aliphatic heterocycles. The third-order valence-corrected chi connectivity index (χ3v) is 3.17. The normalized spacial score (nSPS) is 10.8. The lowest BCUT2D eigenvalue weighted by molar-refractivity contribution is 0.0790. The Kier molecular flexibility index (Phi) is 5.85. The molecular formula is C12H17Cl2N3O. The lowest BCUT2D eigenvalue weighted by Crippen LogP contribution is -2.29. The standard InChI is InChI=1S/C12H17Cl2N3O/c1-16(2)5-4-6-17(3)12(18)9-7-10(13)11(14)15-8-9/h7-8H,4-6H2,1-3H3. The van der Waals surface area contributed by atoms with E-state index in [9.17, 15) is 4.79 Å². The molecule has 0 aliphatic carbocycles. The molecule has 4 nitrogen and oxygen atoms in total. The highest BCUT2D eigenvalue weighted by Gasteiger charge is 2.13. The van der Waals surface area contributed by atoms with Gasteiger partial charge in [0.1, 0.15) is 5.15 Å². The van der Waals surface area contributed by atoms with E-state index in [1.54, 1.807) is 18.0 Å². The second kappa shape index (κ2) is 6.92. The van der Waals surface area contributed by atoms with Crippen molar-refractivity contribution in [2.24, 2.45) is 0 Å². The van der Waals surface area contributed by atoms with Crippen LogP contribution in [0.2, 0.25) is 10.2 Å². The molecular weight excluding hydrogens is 273 g/mol. The second-order valence-corrected chi connectivity index (χ2v) is 5.15. The van der Waals surface area contributed by atoms with E-state index in [0.29, 0.717) is 17.1 Å². The van der Waals surface area contributed by atoms with Crippen LogP contribution in [0.5, 0.6) is 0 Å². The fourth-order valence-electron chi connectivity index (χ4n) is 1.48. The van der Waals surface area contributed by atoms with Crippen LogP contribution in [0, 0.1) is 0 Å². The molecule has 1 rings (SSSR count). The molecule has 18 heavy (non-hydrogen) atoms. The minimum atomic E-state index is -0.0974. The quantitative estimate of drug-likeness (QED) is 0.781. The van der Waals surface area contributed by atoms with Crippen LogP contribution >= 0.6 is 23.2 Å². The summed E-state index contributed by atoms with van der Waals surface area (Å²) in [5, 5.41) is 0.507. The average molecular weight is 290 g/mol. The van der Waals surface area contributed by atoms with Gasteiger partial charge in [-0.2, -0.15) is 0 Å². The van der Waals surface area contributed by atoms with Crippen LogP contribution in [0.25, 0.3) is 0 Å². The topological polar surface area (TPSA) is 36.4 Å². The van der Waals surface area contributed by atoms with Crippen molar-refractivity contribution in [1.29, 1.82) is 0 Å². The Labute approximate surface area is 117 Å². The largest absolute Gasteiger partial charge is 0.342 e. The van der Waals surface area contributed by atoms with Gasteiger partial charge in [0.15, 0.2) is 0 Å². The number of nitrogens with zero attached hydrogens (tertiary/aromatic N) is 3. The van der Waals surface area contributed by atoms with E-state index in [2.05, 4.69) is 9.88 Å². The average Bonchev–Trinajstić information content (AvgIpc) is 2.31. The Morgan fingerprint density at radius 1 is 1.28 bits per heavy atom. The summed E-state index contributed by atoms with van der Waals surface area (Å²) < 4.78 is 0. The number of rotatable bonds is 5. The van der Waals surface area contributed by atoms with Gasteiger partial charge in [0, 0.05) is 19.8 Å². The zero-order chi connectivity index (χ0) is 13.7. The zero-order valence-electron chi connectivity index (χ0n) is 10.8. The van der Waals surface area contributed by atoms with Gasteiger partial charge in [-0.1, -0.05) is 23.2 Å².